The van der Waals surface area contributed by atoms with E-state index < -0.39 is 11.8 Å². The topological polar surface area (TPSA) is 85.2 Å². The normalized spacial score (nSPS) is 20.1. The Balaban J connectivity index is 2.44. The molecule has 20 heavy (non-hydrogen) atoms. The molecule has 0 aliphatic carbocycles. The van der Waals surface area contributed by atoms with Crippen molar-refractivity contribution in [2.75, 3.05) is 19.8 Å². The molecule has 2 rings (SSSR count). The maximum atomic E-state index is 11.8. The van der Waals surface area contributed by atoms with Gasteiger partial charge >= 0.3 is 0 Å². The molecule has 106 valence electrons. The van der Waals surface area contributed by atoms with Gasteiger partial charge in [-0.25, -0.2) is 0 Å². The second-order valence-corrected chi connectivity index (χ2v) is 4.95. The van der Waals surface area contributed by atoms with Gasteiger partial charge in [0.05, 0.1) is 12.2 Å². The van der Waals surface area contributed by atoms with Gasteiger partial charge in [0.2, 0.25) is 0 Å². The number of rotatable bonds is 2. The van der Waals surface area contributed by atoms with Gasteiger partial charge in [-0.2, -0.15) is 5.26 Å². The Morgan fingerprint density at radius 3 is 2.20 bits per heavy atom. The molecular formula is C14H18N4O2. The Hall–Kier alpha value is -2.29. The fourth-order valence-electron chi connectivity index (χ4n) is 2.60. The number of hydrogen-bond acceptors (Lipinski definition) is 4. The predicted octanol–water partition coefficient (Wildman–Crippen LogP) is 0.400. The van der Waals surface area contributed by atoms with Crippen LogP contribution in [-0.2, 0) is 9.59 Å². The summed E-state index contributed by atoms with van der Waals surface area (Å²) in [5.74, 6) is -0.846. The van der Waals surface area contributed by atoms with E-state index in [4.69, 9.17) is 0 Å². The summed E-state index contributed by atoms with van der Waals surface area (Å²) in [4.78, 5) is 25.8. The minimum absolute atomic E-state index is 0.0337. The number of amides is 2. The monoisotopic (exact) mass is 274 g/mol. The van der Waals surface area contributed by atoms with Crippen molar-refractivity contribution in [1.82, 2.24) is 15.5 Å². The van der Waals surface area contributed by atoms with E-state index >= 15 is 0 Å². The van der Waals surface area contributed by atoms with Crippen molar-refractivity contribution < 1.29 is 9.59 Å². The largest absolute Gasteiger partial charge is 0.374 e. The lowest BCUT2D eigenvalue weighted by Crippen LogP contribution is -2.48. The van der Waals surface area contributed by atoms with Crippen molar-refractivity contribution >= 4 is 11.8 Å². The molecule has 0 bridgehead atoms. The fourth-order valence-corrected chi connectivity index (χ4v) is 2.60. The molecule has 0 spiro atoms. The smallest absolute Gasteiger partial charge is 0.258 e. The van der Waals surface area contributed by atoms with E-state index in [9.17, 15) is 14.9 Å². The minimum atomic E-state index is -0.423. The molecular weight excluding hydrogens is 256 g/mol. The van der Waals surface area contributed by atoms with Crippen LogP contribution in [0.3, 0.4) is 0 Å². The molecule has 2 heterocycles. The predicted molar refractivity (Wildman–Crippen MR) is 73.0 cm³/mol. The lowest BCUT2D eigenvalue weighted by molar-refractivity contribution is -0.126. The number of nitrogens with zero attached hydrogens (tertiary/aromatic N) is 2. The number of carbonyl (C=O) groups is 2. The highest BCUT2D eigenvalue weighted by Crippen LogP contribution is 2.24. The molecule has 2 N–H and O–H groups in total. The van der Waals surface area contributed by atoms with Crippen LogP contribution in [0.2, 0.25) is 0 Å². The molecule has 6 nitrogen and oxygen atoms in total. The molecule has 0 saturated carbocycles. The second kappa shape index (κ2) is 5.78. The number of nitrogens with one attached hydrogen (secondary N) is 2. The Kier molecular flexibility index (Phi) is 4.08. The van der Waals surface area contributed by atoms with E-state index in [1.54, 1.807) is 6.92 Å². The van der Waals surface area contributed by atoms with Crippen LogP contribution >= 0.6 is 0 Å². The molecule has 2 aliphatic rings. The molecule has 2 fully saturated rings. The summed E-state index contributed by atoms with van der Waals surface area (Å²) in [6, 6.07) is 2.14. The second-order valence-electron chi connectivity index (χ2n) is 4.95. The van der Waals surface area contributed by atoms with Gasteiger partial charge in [0.25, 0.3) is 11.8 Å². The number of allylic oxidation sites excluding steroid dienone is 3. The Bertz CT molecular complexity index is 530. The first-order chi connectivity index (χ1) is 9.56. The summed E-state index contributed by atoms with van der Waals surface area (Å²) in [7, 11) is 0. The van der Waals surface area contributed by atoms with Gasteiger partial charge in [-0.1, -0.05) is 0 Å². The summed E-state index contributed by atoms with van der Waals surface area (Å²) in [5, 5.41) is 14.5. The van der Waals surface area contributed by atoms with Crippen molar-refractivity contribution in [3.63, 3.8) is 0 Å². The minimum Gasteiger partial charge on any atom is -0.374 e. The number of hydrogen-bond donors (Lipinski definition) is 2. The summed E-state index contributed by atoms with van der Waals surface area (Å²) >= 11 is 0. The summed E-state index contributed by atoms with van der Waals surface area (Å²) < 4.78 is 0. The van der Waals surface area contributed by atoms with Gasteiger partial charge in [0, 0.05) is 18.8 Å². The molecule has 0 aromatic rings. The zero-order valence-corrected chi connectivity index (χ0v) is 11.7. The molecule has 2 saturated heterocycles. The molecule has 2 amide bonds. The van der Waals surface area contributed by atoms with E-state index in [1.807, 2.05) is 6.92 Å². The van der Waals surface area contributed by atoms with Crippen LogP contribution in [0.4, 0.5) is 0 Å². The van der Waals surface area contributed by atoms with Crippen molar-refractivity contribution in [3.05, 3.63) is 22.4 Å². The molecule has 6 heteroatoms. The van der Waals surface area contributed by atoms with Gasteiger partial charge in [0.15, 0.2) is 0 Å². The van der Waals surface area contributed by atoms with Crippen LogP contribution in [0.5, 0.6) is 0 Å². The highest BCUT2D eigenvalue weighted by Gasteiger charge is 2.27. The van der Waals surface area contributed by atoms with Gasteiger partial charge in [-0.3, -0.25) is 9.59 Å². The quantitative estimate of drug-likeness (QED) is 0.433. The average Bonchev–Trinajstić information content (AvgIpc) is 2.93. The van der Waals surface area contributed by atoms with Gasteiger partial charge in [0.1, 0.15) is 11.6 Å². The van der Waals surface area contributed by atoms with Crippen LogP contribution in [0.25, 0.3) is 0 Å². The third-order valence-corrected chi connectivity index (χ3v) is 3.76. The van der Waals surface area contributed by atoms with E-state index in [2.05, 4.69) is 21.6 Å². The highest BCUT2D eigenvalue weighted by atomic mass is 16.2. The SMILES string of the molecule is CC(=C1C(=O)NCNC1=O)/C(C#N)=C(\C)N1CCCC1. The molecule has 2 aliphatic heterocycles. The number of nitriles is 1. The zero-order valence-electron chi connectivity index (χ0n) is 11.7. The van der Waals surface area contributed by atoms with Crippen molar-refractivity contribution in [3.8, 4) is 6.07 Å². The number of carbonyl (C=O) groups excluding carboxylic acids is 2. The van der Waals surface area contributed by atoms with E-state index in [0.717, 1.165) is 31.6 Å². The standard InChI is InChI=1S/C14H18N4O2/c1-9(12-13(19)16-8-17-14(12)20)11(7-15)10(2)18-5-3-4-6-18/h3-6,8H2,1-2H3,(H,16,19)(H,17,20)/b11-10+. The first-order valence-corrected chi connectivity index (χ1v) is 6.70. The zero-order chi connectivity index (χ0) is 14.7. The van der Waals surface area contributed by atoms with Crippen LogP contribution < -0.4 is 10.6 Å². The van der Waals surface area contributed by atoms with Crippen molar-refractivity contribution in [2.24, 2.45) is 0 Å². The Labute approximate surface area is 118 Å². The molecule has 0 aromatic heterocycles. The third kappa shape index (κ3) is 2.52. The lowest BCUT2D eigenvalue weighted by atomic mass is 9.98. The van der Waals surface area contributed by atoms with E-state index in [0.29, 0.717) is 11.1 Å². The van der Waals surface area contributed by atoms with Crippen molar-refractivity contribution in [1.29, 1.82) is 5.26 Å². The van der Waals surface area contributed by atoms with Crippen molar-refractivity contribution in [2.45, 2.75) is 26.7 Å². The maximum Gasteiger partial charge on any atom is 0.258 e. The van der Waals surface area contributed by atoms with E-state index in [-0.39, 0.29) is 12.2 Å². The molecule has 0 aromatic carbocycles. The van der Waals surface area contributed by atoms with Gasteiger partial charge < -0.3 is 15.5 Å². The maximum absolute atomic E-state index is 11.8. The first kappa shape index (κ1) is 14.1. The first-order valence-electron chi connectivity index (χ1n) is 6.70. The van der Waals surface area contributed by atoms with Gasteiger partial charge in [-0.15, -0.1) is 0 Å². The molecule has 0 unspecified atom stereocenters. The molecule has 0 atom stereocenters. The lowest BCUT2D eigenvalue weighted by Gasteiger charge is -2.22. The third-order valence-electron chi connectivity index (χ3n) is 3.76. The number of likely N-dealkylation sites (tertiary alicyclic amines) is 1. The Morgan fingerprint density at radius 2 is 1.70 bits per heavy atom. The van der Waals surface area contributed by atoms with Crippen LogP contribution in [0.1, 0.15) is 26.7 Å². The average molecular weight is 274 g/mol. The Morgan fingerprint density at radius 1 is 1.15 bits per heavy atom. The summed E-state index contributed by atoms with van der Waals surface area (Å²) in [6.45, 7) is 5.48. The van der Waals surface area contributed by atoms with Crippen LogP contribution in [0, 0.1) is 11.3 Å². The van der Waals surface area contributed by atoms with Crippen LogP contribution in [0.15, 0.2) is 22.4 Å². The van der Waals surface area contributed by atoms with Gasteiger partial charge in [-0.05, 0) is 32.3 Å². The highest BCUT2D eigenvalue weighted by molar-refractivity contribution is 6.21. The summed E-state index contributed by atoms with van der Waals surface area (Å²) in [5.41, 5.74) is 1.72. The van der Waals surface area contributed by atoms with E-state index in [1.165, 1.54) is 0 Å². The molecule has 0 radical (unpaired) electrons. The van der Waals surface area contributed by atoms with Crippen LogP contribution in [-0.4, -0.2) is 36.5 Å². The summed E-state index contributed by atoms with van der Waals surface area (Å²) in [6.07, 6.45) is 2.21. The fraction of sp³-hybridized carbons (Fsp3) is 0.500.